The zero-order valence-corrected chi connectivity index (χ0v) is 55.5. The molecule has 0 saturated carbocycles. The molecule has 11 atom stereocenters. The fraction of sp³-hybridized carbons (Fsp3) is 0.446. The summed E-state index contributed by atoms with van der Waals surface area (Å²) in [5.41, 5.74) is 16.2. The number of tetrazole rings is 1. The lowest BCUT2D eigenvalue weighted by molar-refractivity contribution is -0.140. The summed E-state index contributed by atoms with van der Waals surface area (Å²) in [6.07, 6.45) is -3.91. The largest absolute Gasteiger partial charge is 0.508 e. The van der Waals surface area contributed by atoms with Crippen LogP contribution in [0, 0.1) is 5.82 Å². The smallest absolute Gasteiger partial charge is 0.246 e. The molecular weight excluding hydrogens is 1290 g/mol. The predicted octanol–water partition coefficient (Wildman–Crippen LogP) is -4.24. The van der Waals surface area contributed by atoms with Crippen molar-refractivity contribution in [2.45, 2.75) is 171 Å². The number of carbonyl (C=O) groups is 11. The van der Waals surface area contributed by atoms with Gasteiger partial charge >= 0.3 is 0 Å². The molecule has 5 aromatic rings. The number of nitrogens with zero attached hydrogens (tertiary/aromatic N) is 3. The number of aromatic hydroxyl groups is 2. The maximum absolute atomic E-state index is 15.4. The summed E-state index contributed by atoms with van der Waals surface area (Å²) < 4.78 is 15.4. The number of aromatic amines is 1. The van der Waals surface area contributed by atoms with Gasteiger partial charge in [0.2, 0.25) is 65.0 Å². The number of benzene rings is 4. The van der Waals surface area contributed by atoms with E-state index in [1.165, 1.54) is 75.4 Å². The standard InChI is InChI=1S/C65H88FN17O16/c1-7-45(57(93)73-47(28-38-21-25-42(88)26-22-38)58(94)72-46(54(69)90)14-10-11-36-15-17-39(31-67)18-16-36)71-59(95)49(33-84)74-60(96)52(34(2)85)77-63(99)65(6,30-40-12-8-9-13-43(40)66)79-61(97)53(35(3)86)76-51(89)32-70-56(92)48(29-50-80-82-83-81-50)75-62(98)64(4,5)78-55(91)44(68)27-37-19-23-41(87)24-20-37/h8-9,12-13,15-26,34-35,44-49,52-53,84-88H,7,10-11,14,27-33,67-68H2,1-6H3,(H2,69,90)(H,70,92)(H,71,95)(H,72,94)(H,73,93)(H,74,96)(H,75,98)(H,76,89)(H,77,99)(H,78,91)(H,79,97)(H,80,81,82,83)/t34-,35-,44+,45+,46+,47+,48+,49+,52+,53+,65+/m1/s1. The SMILES string of the molecule is CC[C@H](NC(=O)[C@H](CO)NC(=O)[C@@H](NC(=O)[C@](C)(Cc1ccccc1F)NC(=O)[C@@H](NC(=O)CNC(=O)[C@H](Cc1nn[nH]n1)NC(=O)C(C)(C)NC(=O)[C@@H](N)Cc1ccc(O)cc1)[C@@H](C)O)[C@@H](C)O)C(=O)N[C@@H](Cc1ccc(O)cc1)C(=O)N[C@@H](CCCc1ccc(CN)cc1)C(N)=O. The van der Waals surface area contributed by atoms with Crippen molar-refractivity contribution in [2.75, 3.05) is 13.2 Å². The Morgan fingerprint density at radius 1 is 0.586 bits per heavy atom. The van der Waals surface area contributed by atoms with Crippen molar-refractivity contribution in [3.05, 3.63) is 137 Å². The molecule has 99 heavy (non-hydrogen) atoms. The maximum atomic E-state index is 15.4. The summed E-state index contributed by atoms with van der Waals surface area (Å²) in [6.45, 7) is 5.67. The monoisotopic (exact) mass is 1380 g/mol. The van der Waals surface area contributed by atoms with Crippen LogP contribution in [-0.2, 0) is 91.4 Å². The van der Waals surface area contributed by atoms with Gasteiger partial charge in [-0.15, -0.1) is 10.2 Å². The number of aryl methyl sites for hydroxylation is 1. The van der Waals surface area contributed by atoms with Crippen molar-refractivity contribution in [3.63, 3.8) is 0 Å². The van der Waals surface area contributed by atoms with Gasteiger partial charge in [-0.05, 0) is 125 Å². The van der Waals surface area contributed by atoms with Crippen molar-refractivity contribution in [1.29, 1.82) is 0 Å². The molecule has 0 spiro atoms. The van der Waals surface area contributed by atoms with Crippen LogP contribution in [-0.4, -0.2) is 196 Å². The normalized spacial score (nSPS) is 14.9. The van der Waals surface area contributed by atoms with E-state index in [4.69, 9.17) is 17.2 Å². The topological polar surface area (TPSA) is 542 Å². The Morgan fingerprint density at radius 3 is 1.67 bits per heavy atom. The van der Waals surface area contributed by atoms with Crippen LogP contribution in [0.25, 0.3) is 0 Å². The number of carbonyl (C=O) groups excluding carboxylic acids is 11. The van der Waals surface area contributed by atoms with Gasteiger partial charge in [0.15, 0.2) is 5.82 Å². The van der Waals surface area contributed by atoms with Crippen LogP contribution in [0.2, 0.25) is 0 Å². The number of primary amides is 1. The summed E-state index contributed by atoms with van der Waals surface area (Å²) in [7, 11) is 0. The second-order valence-electron chi connectivity index (χ2n) is 24.5. The van der Waals surface area contributed by atoms with E-state index in [-0.39, 0.29) is 48.6 Å². The summed E-state index contributed by atoms with van der Waals surface area (Å²) >= 11 is 0. The van der Waals surface area contributed by atoms with E-state index >= 15 is 4.39 Å². The van der Waals surface area contributed by atoms with Crippen molar-refractivity contribution < 1.29 is 82.7 Å². The van der Waals surface area contributed by atoms with Gasteiger partial charge in [0.25, 0.3) is 0 Å². The van der Waals surface area contributed by atoms with Gasteiger partial charge in [-0.1, -0.05) is 78.9 Å². The van der Waals surface area contributed by atoms with Gasteiger partial charge in [-0.2, -0.15) is 5.21 Å². The van der Waals surface area contributed by atoms with Gasteiger partial charge in [-0.3, -0.25) is 52.7 Å². The van der Waals surface area contributed by atoms with Gasteiger partial charge in [0.05, 0.1) is 31.4 Å². The molecule has 5 rings (SSSR count). The van der Waals surface area contributed by atoms with Crippen LogP contribution < -0.4 is 70.4 Å². The van der Waals surface area contributed by atoms with Gasteiger partial charge in [0, 0.05) is 25.8 Å². The molecular formula is C65H88FN17O16. The van der Waals surface area contributed by atoms with Crippen molar-refractivity contribution >= 4 is 65.0 Å². The number of halogens is 1. The highest BCUT2D eigenvalue weighted by molar-refractivity contribution is 6.00. The van der Waals surface area contributed by atoms with E-state index in [0.29, 0.717) is 30.5 Å². The zero-order valence-electron chi connectivity index (χ0n) is 55.5. The van der Waals surface area contributed by atoms with E-state index in [0.717, 1.165) is 38.0 Å². The van der Waals surface area contributed by atoms with Crippen LogP contribution in [0.3, 0.4) is 0 Å². The molecule has 0 aliphatic carbocycles. The molecule has 4 aromatic carbocycles. The first-order valence-corrected chi connectivity index (χ1v) is 31.6. The van der Waals surface area contributed by atoms with Crippen LogP contribution in [0.15, 0.2) is 97.1 Å². The van der Waals surface area contributed by atoms with E-state index in [1.54, 1.807) is 12.1 Å². The molecule has 0 aliphatic heterocycles. The third-order valence-electron chi connectivity index (χ3n) is 15.8. The summed E-state index contributed by atoms with van der Waals surface area (Å²) in [4.78, 5) is 151. The second-order valence-corrected chi connectivity index (χ2v) is 24.5. The molecule has 11 amide bonds. The van der Waals surface area contributed by atoms with Gasteiger partial charge in [-0.25, -0.2) is 4.39 Å². The Labute approximate surface area is 568 Å². The molecule has 0 fully saturated rings. The van der Waals surface area contributed by atoms with E-state index in [2.05, 4.69) is 73.8 Å². The number of nitrogens with two attached hydrogens (primary N) is 3. The first kappa shape index (κ1) is 79.1. The molecule has 0 aliphatic rings. The number of aliphatic hydroxyl groups excluding tert-OH is 3. The van der Waals surface area contributed by atoms with Crippen LogP contribution in [0.4, 0.5) is 4.39 Å². The number of hydrogen-bond donors (Lipinski definition) is 19. The highest BCUT2D eigenvalue weighted by Gasteiger charge is 2.43. The second kappa shape index (κ2) is 37.3. The molecule has 536 valence electrons. The number of hydrogen-bond acceptors (Lipinski definition) is 21. The average molecular weight is 1380 g/mol. The minimum atomic E-state index is -2.35. The number of phenolic OH excluding ortho intramolecular Hbond substituents is 2. The molecule has 1 heterocycles. The van der Waals surface area contributed by atoms with Crippen LogP contribution in [0.5, 0.6) is 11.5 Å². The summed E-state index contributed by atoms with van der Waals surface area (Å²) in [5.74, 6) is -12.5. The zero-order chi connectivity index (χ0) is 73.3. The lowest BCUT2D eigenvalue weighted by Gasteiger charge is -2.34. The van der Waals surface area contributed by atoms with Crippen molar-refractivity contribution in [3.8, 4) is 11.5 Å². The Balaban J connectivity index is 1.26. The molecule has 0 radical (unpaired) electrons. The molecule has 0 saturated heterocycles. The summed E-state index contributed by atoms with van der Waals surface area (Å²) in [5, 5.41) is 89.1. The van der Waals surface area contributed by atoms with Gasteiger partial charge < -0.3 is 95.9 Å². The third-order valence-corrected chi connectivity index (χ3v) is 15.8. The molecule has 34 heteroatoms. The Morgan fingerprint density at radius 2 is 1.11 bits per heavy atom. The fourth-order valence-corrected chi connectivity index (χ4v) is 9.96. The van der Waals surface area contributed by atoms with E-state index in [9.17, 15) is 78.3 Å². The number of aromatic nitrogens is 4. The quantitative estimate of drug-likeness (QED) is 0.0178. The third kappa shape index (κ3) is 24.5. The van der Waals surface area contributed by atoms with Crippen LogP contribution in [0.1, 0.15) is 94.4 Å². The molecule has 1 aromatic heterocycles. The Hall–Kier alpha value is -10.6. The minimum absolute atomic E-state index is 0.00299. The highest BCUT2D eigenvalue weighted by Crippen LogP contribution is 2.20. The van der Waals surface area contributed by atoms with Gasteiger partial charge in [0.1, 0.15) is 70.7 Å². The van der Waals surface area contributed by atoms with Crippen molar-refractivity contribution in [2.24, 2.45) is 17.2 Å². The predicted molar refractivity (Wildman–Crippen MR) is 352 cm³/mol. The molecule has 0 unspecified atom stereocenters. The summed E-state index contributed by atoms with van der Waals surface area (Å²) in [6, 6.07) is 11.6. The van der Waals surface area contributed by atoms with E-state index in [1.807, 2.05) is 24.3 Å². The lowest BCUT2D eigenvalue weighted by Crippen LogP contribution is -2.67. The first-order chi connectivity index (χ1) is 46.8. The number of H-pyrrole nitrogens is 1. The Kier molecular flexibility index (Phi) is 29.8. The number of nitrogens with one attached hydrogen (secondary N) is 11. The lowest BCUT2D eigenvalue weighted by atomic mass is 9.90. The molecule has 22 N–H and O–H groups in total. The highest BCUT2D eigenvalue weighted by atomic mass is 19.1. The molecule has 0 bridgehead atoms. The fourth-order valence-electron chi connectivity index (χ4n) is 9.96. The number of rotatable bonds is 38. The average Bonchev–Trinajstić information content (AvgIpc) is 1.22. The van der Waals surface area contributed by atoms with Crippen LogP contribution >= 0.6 is 0 Å². The number of amides is 11. The minimum Gasteiger partial charge on any atom is -0.508 e. The number of aliphatic hydroxyl groups is 3. The first-order valence-electron chi connectivity index (χ1n) is 31.6. The maximum Gasteiger partial charge on any atom is 0.246 e. The van der Waals surface area contributed by atoms with E-state index < -0.39 is 168 Å². The molecule has 33 nitrogen and oxygen atoms in total. The Bertz CT molecular complexity index is 3590. The van der Waals surface area contributed by atoms with Crippen molar-refractivity contribution in [1.82, 2.24) is 73.8 Å². The number of phenols is 2.